The van der Waals surface area contributed by atoms with E-state index in [9.17, 15) is 0 Å². The molecule has 0 aliphatic rings. The van der Waals surface area contributed by atoms with Crippen molar-refractivity contribution in [3.05, 3.63) is 60.6 Å². The second kappa shape index (κ2) is 7.03. The highest BCUT2D eigenvalue weighted by molar-refractivity contribution is 7.98. The van der Waals surface area contributed by atoms with Gasteiger partial charge in [-0.25, -0.2) is 9.97 Å². The first kappa shape index (κ1) is 15.8. The Hall–Kier alpha value is -2.73. The van der Waals surface area contributed by atoms with E-state index in [2.05, 4.69) is 15.0 Å². The van der Waals surface area contributed by atoms with Crippen molar-refractivity contribution in [2.75, 3.05) is 6.61 Å². The first-order valence-corrected chi connectivity index (χ1v) is 9.06. The van der Waals surface area contributed by atoms with E-state index in [1.165, 1.54) is 0 Å². The third-order valence-electron chi connectivity index (χ3n) is 3.69. The fourth-order valence-corrected chi connectivity index (χ4v) is 3.27. The summed E-state index contributed by atoms with van der Waals surface area (Å²) in [6.45, 7) is 2.62. The Balaban J connectivity index is 1.46. The number of H-pyrrole nitrogens is 1. The van der Waals surface area contributed by atoms with Gasteiger partial charge in [-0.05, 0) is 19.1 Å². The highest BCUT2D eigenvalue weighted by Crippen LogP contribution is 2.27. The zero-order valence-corrected chi connectivity index (χ0v) is 14.5. The lowest BCUT2D eigenvalue weighted by Crippen LogP contribution is -1.90. The number of rotatable bonds is 6. The van der Waals surface area contributed by atoms with Crippen molar-refractivity contribution in [1.29, 1.82) is 0 Å². The predicted molar refractivity (Wildman–Crippen MR) is 98.8 cm³/mol. The monoisotopic (exact) mass is 351 g/mol. The summed E-state index contributed by atoms with van der Waals surface area (Å²) in [7, 11) is 0. The molecule has 4 aromatic rings. The summed E-state index contributed by atoms with van der Waals surface area (Å²) in [6.07, 6.45) is 1.76. The van der Waals surface area contributed by atoms with Crippen molar-refractivity contribution in [3.8, 4) is 17.1 Å². The van der Waals surface area contributed by atoms with E-state index >= 15 is 0 Å². The topological polar surface area (TPSA) is 63.9 Å². The van der Waals surface area contributed by atoms with E-state index in [0.717, 1.165) is 33.3 Å². The first-order valence-electron chi connectivity index (χ1n) is 8.07. The van der Waals surface area contributed by atoms with Gasteiger partial charge in [0.1, 0.15) is 5.75 Å². The number of hydrogen-bond acceptors (Lipinski definition) is 5. The molecule has 1 N–H and O–H groups in total. The summed E-state index contributed by atoms with van der Waals surface area (Å²) in [4.78, 5) is 12.2. The average Bonchev–Trinajstić information content (AvgIpc) is 3.27. The quantitative estimate of drug-likeness (QED) is 0.500. The zero-order valence-electron chi connectivity index (χ0n) is 13.7. The number of benzene rings is 2. The normalized spacial score (nSPS) is 11.1. The van der Waals surface area contributed by atoms with Crippen LogP contribution in [0.2, 0.25) is 0 Å². The van der Waals surface area contributed by atoms with Gasteiger partial charge in [0.2, 0.25) is 5.89 Å². The molecular weight excluding hydrogens is 334 g/mol. The van der Waals surface area contributed by atoms with Crippen LogP contribution in [0.4, 0.5) is 0 Å². The SMILES string of the molecule is CCOc1ccc2nc(SCc3ncc(-c4ccccc4)o3)[nH]c2c1. The van der Waals surface area contributed by atoms with Crippen LogP contribution in [0.1, 0.15) is 12.8 Å². The van der Waals surface area contributed by atoms with E-state index in [1.54, 1.807) is 18.0 Å². The molecule has 0 atom stereocenters. The number of nitrogens with zero attached hydrogens (tertiary/aromatic N) is 2. The molecule has 25 heavy (non-hydrogen) atoms. The molecule has 0 saturated carbocycles. The van der Waals surface area contributed by atoms with Crippen LogP contribution in [0.15, 0.2) is 64.3 Å². The highest BCUT2D eigenvalue weighted by Gasteiger charge is 2.09. The number of imidazole rings is 1. The molecule has 0 aliphatic carbocycles. The number of oxazole rings is 1. The van der Waals surface area contributed by atoms with Gasteiger partial charge in [0.15, 0.2) is 10.9 Å². The van der Waals surface area contributed by atoms with Gasteiger partial charge in [-0.3, -0.25) is 0 Å². The van der Waals surface area contributed by atoms with E-state index < -0.39 is 0 Å². The van der Waals surface area contributed by atoms with E-state index in [4.69, 9.17) is 9.15 Å². The number of fused-ring (bicyclic) bond motifs is 1. The highest BCUT2D eigenvalue weighted by atomic mass is 32.2. The molecule has 4 rings (SSSR count). The molecule has 2 aromatic heterocycles. The Morgan fingerprint density at radius 1 is 1.16 bits per heavy atom. The molecule has 0 spiro atoms. The molecule has 126 valence electrons. The molecule has 0 amide bonds. The third-order valence-corrected chi connectivity index (χ3v) is 4.54. The second-order valence-corrected chi connectivity index (χ2v) is 6.39. The van der Waals surface area contributed by atoms with E-state index in [-0.39, 0.29) is 0 Å². The molecule has 0 bridgehead atoms. The summed E-state index contributed by atoms with van der Waals surface area (Å²) >= 11 is 1.56. The van der Waals surface area contributed by atoms with Gasteiger partial charge in [-0.15, -0.1) is 0 Å². The van der Waals surface area contributed by atoms with Crippen molar-refractivity contribution >= 4 is 22.8 Å². The van der Waals surface area contributed by atoms with Crippen LogP contribution in [0.5, 0.6) is 5.75 Å². The Bertz CT molecular complexity index is 979. The molecule has 2 heterocycles. The number of aromatic amines is 1. The lowest BCUT2D eigenvalue weighted by molar-refractivity contribution is 0.340. The minimum atomic E-state index is 0.616. The molecule has 0 saturated heterocycles. The fraction of sp³-hybridized carbons (Fsp3) is 0.158. The molecule has 5 nitrogen and oxygen atoms in total. The summed E-state index contributed by atoms with van der Waals surface area (Å²) in [5.41, 5.74) is 2.91. The van der Waals surface area contributed by atoms with Crippen molar-refractivity contribution in [2.45, 2.75) is 17.8 Å². The standard InChI is InChI=1S/C19H17N3O2S/c1-2-23-14-8-9-15-16(10-14)22-19(21-15)25-12-18-20-11-17(24-18)13-6-4-3-5-7-13/h3-11H,2,12H2,1H3,(H,21,22). The molecular formula is C19H17N3O2S. The van der Waals surface area contributed by atoms with Gasteiger partial charge in [0.25, 0.3) is 0 Å². The Morgan fingerprint density at radius 3 is 2.88 bits per heavy atom. The Labute approximate surface area is 149 Å². The van der Waals surface area contributed by atoms with E-state index in [1.807, 2.05) is 55.5 Å². The second-order valence-electron chi connectivity index (χ2n) is 5.43. The van der Waals surface area contributed by atoms with Crippen LogP contribution in [0.3, 0.4) is 0 Å². The molecule has 2 aromatic carbocycles. The van der Waals surface area contributed by atoms with Crippen LogP contribution in [-0.4, -0.2) is 21.6 Å². The summed E-state index contributed by atoms with van der Waals surface area (Å²) in [6, 6.07) is 15.8. The van der Waals surface area contributed by atoms with Crippen LogP contribution in [0.25, 0.3) is 22.4 Å². The fourth-order valence-electron chi connectivity index (χ4n) is 2.53. The van der Waals surface area contributed by atoms with Crippen molar-refractivity contribution in [3.63, 3.8) is 0 Å². The maximum atomic E-state index is 5.82. The van der Waals surface area contributed by atoms with Crippen LogP contribution >= 0.6 is 11.8 Å². The first-order chi connectivity index (χ1) is 12.3. The van der Waals surface area contributed by atoms with Gasteiger partial charge in [-0.2, -0.15) is 0 Å². The molecule has 0 unspecified atom stereocenters. The smallest absolute Gasteiger partial charge is 0.205 e. The zero-order chi connectivity index (χ0) is 17.1. The van der Waals surface area contributed by atoms with Gasteiger partial charge in [0.05, 0.1) is 29.6 Å². The largest absolute Gasteiger partial charge is 0.494 e. The lowest BCUT2D eigenvalue weighted by atomic mass is 10.2. The number of thioether (sulfide) groups is 1. The van der Waals surface area contributed by atoms with Gasteiger partial charge in [-0.1, -0.05) is 42.1 Å². The molecule has 0 radical (unpaired) electrons. The van der Waals surface area contributed by atoms with Crippen molar-refractivity contribution in [1.82, 2.24) is 15.0 Å². The summed E-state index contributed by atoms with van der Waals surface area (Å²) in [5, 5.41) is 0.836. The minimum Gasteiger partial charge on any atom is -0.494 e. The average molecular weight is 351 g/mol. The van der Waals surface area contributed by atoms with Crippen LogP contribution in [-0.2, 0) is 5.75 Å². The van der Waals surface area contributed by atoms with Crippen LogP contribution in [0, 0.1) is 0 Å². The summed E-state index contributed by atoms with van der Waals surface area (Å²) < 4.78 is 11.3. The van der Waals surface area contributed by atoms with Gasteiger partial charge >= 0.3 is 0 Å². The minimum absolute atomic E-state index is 0.616. The Morgan fingerprint density at radius 2 is 2.04 bits per heavy atom. The summed E-state index contributed by atoms with van der Waals surface area (Å²) in [5.74, 6) is 2.92. The third kappa shape index (κ3) is 3.53. The van der Waals surface area contributed by atoms with Crippen LogP contribution < -0.4 is 4.74 Å². The van der Waals surface area contributed by atoms with E-state index in [0.29, 0.717) is 18.3 Å². The number of hydrogen-bond donors (Lipinski definition) is 1. The number of aromatic nitrogens is 3. The van der Waals surface area contributed by atoms with Crippen molar-refractivity contribution < 1.29 is 9.15 Å². The van der Waals surface area contributed by atoms with Crippen molar-refractivity contribution in [2.24, 2.45) is 0 Å². The Kier molecular flexibility index (Phi) is 4.43. The lowest BCUT2D eigenvalue weighted by Gasteiger charge is -2.00. The van der Waals surface area contributed by atoms with Gasteiger partial charge < -0.3 is 14.1 Å². The molecule has 6 heteroatoms. The maximum absolute atomic E-state index is 5.82. The molecule has 0 fully saturated rings. The number of ether oxygens (including phenoxy) is 1. The van der Waals surface area contributed by atoms with Gasteiger partial charge in [0, 0.05) is 11.6 Å². The molecule has 0 aliphatic heterocycles. The predicted octanol–water partition coefficient (Wildman–Crippen LogP) is 4.91. The number of nitrogens with one attached hydrogen (secondary N) is 1. The maximum Gasteiger partial charge on any atom is 0.205 e.